The molecule has 0 aromatic heterocycles. The zero-order valence-electron chi connectivity index (χ0n) is 18.4. The van der Waals surface area contributed by atoms with Gasteiger partial charge in [0, 0.05) is 11.4 Å². The molecule has 2 aromatic carbocycles. The zero-order chi connectivity index (χ0) is 25.7. The third kappa shape index (κ3) is 4.73. The average molecular weight is 521 g/mol. The smallest absolute Gasteiger partial charge is 0.282 e. The van der Waals surface area contributed by atoms with Crippen LogP contribution in [0.2, 0.25) is 0 Å². The SMILES string of the molecule is CC1=NN(c2ccc(S(=O)(=O)O)cc2)C(=O)[C@H]1C[C@@H]1C(=O)N(c2ccc(S(=O)(=O)O)cc2)N=C1C. The molecule has 0 fully saturated rings. The number of nitrogens with zero attached hydrogens (tertiary/aromatic N) is 4. The minimum absolute atomic E-state index is 0.0987. The molecule has 12 nitrogen and oxygen atoms in total. The van der Waals surface area contributed by atoms with Crippen molar-refractivity contribution in [3.8, 4) is 0 Å². The predicted octanol–water partition coefficient (Wildman–Crippen LogP) is 1.95. The molecule has 0 bridgehead atoms. The molecule has 2 heterocycles. The summed E-state index contributed by atoms with van der Waals surface area (Å²) in [6.07, 6.45) is 0.0987. The van der Waals surface area contributed by atoms with Crippen LogP contribution in [0.3, 0.4) is 0 Å². The van der Waals surface area contributed by atoms with Crippen molar-refractivity contribution in [2.75, 3.05) is 10.0 Å². The lowest BCUT2D eigenvalue weighted by Crippen LogP contribution is -2.33. The maximum atomic E-state index is 13.1. The van der Waals surface area contributed by atoms with Crippen molar-refractivity contribution in [1.82, 2.24) is 0 Å². The van der Waals surface area contributed by atoms with Gasteiger partial charge in [0.2, 0.25) is 0 Å². The van der Waals surface area contributed by atoms with Crippen LogP contribution in [0.5, 0.6) is 0 Å². The van der Waals surface area contributed by atoms with Crippen molar-refractivity contribution in [3.05, 3.63) is 48.5 Å². The highest BCUT2D eigenvalue weighted by Gasteiger charge is 2.42. The van der Waals surface area contributed by atoms with Crippen LogP contribution >= 0.6 is 0 Å². The van der Waals surface area contributed by atoms with Crippen molar-refractivity contribution < 1.29 is 35.5 Å². The molecule has 4 rings (SSSR count). The van der Waals surface area contributed by atoms with Gasteiger partial charge in [0.05, 0.1) is 33.0 Å². The minimum atomic E-state index is -4.38. The van der Waals surface area contributed by atoms with Crippen molar-refractivity contribution in [3.63, 3.8) is 0 Å². The molecule has 0 aliphatic carbocycles. The van der Waals surface area contributed by atoms with Crippen LogP contribution in [0, 0.1) is 11.8 Å². The molecule has 2 amide bonds. The highest BCUT2D eigenvalue weighted by atomic mass is 32.2. The van der Waals surface area contributed by atoms with E-state index in [-0.39, 0.29) is 16.2 Å². The summed E-state index contributed by atoms with van der Waals surface area (Å²) in [7, 11) is -8.76. The maximum Gasteiger partial charge on any atom is 0.294 e. The fraction of sp³-hybridized carbons (Fsp3) is 0.238. The number of hydrogen-bond donors (Lipinski definition) is 2. The molecule has 0 saturated carbocycles. The van der Waals surface area contributed by atoms with Crippen LogP contribution in [-0.4, -0.2) is 49.2 Å². The Morgan fingerprint density at radius 2 is 1.00 bits per heavy atom. The van der Waals surface area contributed by atoms with Gasteiger partial charge < -0.3 is 0 Å². The van der Waals surface area contributed by atoms with E-state index in [9.17, 15) is 26.4 Å². The Labute approximate surface area is 201 Å². The fourth-order valence-corrected chi connectivity index (χ4v) is 4.83. The van der Waals surface area contributed by atoms with Crippen LogP contribution in [0.4, 0.5) is 11.4 Å². The fourth-order valence-electron chi connectivity index (χ4n) is 3.87. The summed E-state index contributed by atoms with van der Waals surface area (Å²) < 4.78 is 63.2. The van der Waals surface area contributed by atoms with Gasteiger partial charge in [-0.3, -0.25) is 18.7 Å². The third-order valence-corrected chi connectivity index (χ3v) is 7.50. The highest BCUT2D eigenvalue weighted by molar-refractivity contribution is 7.86. The Hall–Kier alpha value is -3.46. The Morgan fingerprint density at radius 3 is 1.29 bits per heavy atom. The Bertz CT molecular complexity index is 1370. The topological polar surface area (TPSA) is 174 Å². The predicted molar refractivity (Wildman–Crippen MR) is 125 cm³/mol. The van der Waals surface area contributed by atoms with Gasteiger partial charge >= 0.3 is 0 Å². The van der Waals surface area contributed by atoms with Gasteiger partial charge in [-0.25, -0.2) is 10.0 Å². The number of carbonyl (C=O) groups excluding carboxylic acids is 2. The Balaban J connectivity index is 1.50. The summed E-state index contributed by atoms with van der Waals surface area (Å²) >= 11 is 0. The van der Waals surface area contributed by atoms with E-state index in [1.807, 2.05) is 0 Å². The molecular weight excluding hydrogens is 500 g/mol. The molecule has 2 aliphatic heterocycles. The molecule has 2 N–H and O–H groups in total. The number of amides is 2. The van der Waals surface area contributed by atoms with E-state index in [0.717, 1.165) is 34.3 Å². The largest absolute Gasteiger partial charge is 0.294 e. The Morgan fingerprint density at radius 1 is 0.686 bits per heavy atom. The molecule has 0 spiro atoms. The summed E-state index contributed by atoms with van der Waals surface area (Å²) in [5.74, 6) is -2.26. The van der Waals surface area contributed by atoms with E-state index in [0.29, 0.717) is 22.8 Å². The zero-order valence-corrected chi connectivity index (χ0v) is 20.1. The first-order chi connectivity index (χ1) is 16.3. The lowest BCUT2D eigenvalue weighted by molar-refractivity contribution is -0.121. The third-order valence-electron chi connectivity index (χ3n) is 5.77. The first kappa shape index (κ1) is 24.7. The van der Waals surface area contributed by atoms with E-state index in [4.69, 9.17) is 9.11 Å². The molecule has 2 atom stereocenters. The number of anilines is 2. The van der Waals surface area contributed by atoms with Crippen LogP contribution < -0.4 is 10.0 Å². The second-order valence-electron chi connectivity index (χ2n) is 8.06. The second-order valence-corrected chi connectivity index (χ2v) is 10.9. The first-order valence-electron chi connectivity index (χ1n) is 10.2. The van der Waals surface area contributed by atoms with Crippen molar-refractivity contribution in [2.45, 2.75) is 30.1 Å². The van der Waals surface area contributed by atoms with Gasteiger partial charge in [-0.2, -0.15) is 27.0 Å². The second kappa shape index (κ2) is 8.64. The summed E-state index contributed by atoms with van der Waals surface area (Å²) in [5.41, 5.74) is 1.52. The summed E-state index contributed by atoms with van der Waals surface area (Å²) in [6.45, 7) is 3.29. The first-order valence-corrected chi connectivity index (χ1v) is 13.1. The molecule has 2 aromatic rings. The maximum absolute atomic E-state index is 13.1. The van der Waals surface area contributed by atoms with Crippen molar-refractivity contribution in [1.29, 1.82) is 0 Å². The monoisotopic (exact) mass is 520 g/mol. The van der Waals surface area contributed by atoms with Crippen LogP contribution in [0.1, 0.15) is 20.3 Å². The summed E-state index contributed by atoms with van der Waals surface area (Å²) in [6, 6.07) is 9.96. The van der Waals surface area contributed by atoms with Gasteiger partial charge in [-0.1, -0.05) is 0 Å². The van der Waals surface area contributed by atoms with Gasteiger partial charge in [0.25, 0.3) is 32.1 Å². The molecule has 2 aliphatic rings. The van der Waals surface area contributed by atoms with Crippen LogP contribution in [0.25, 0.3) is 0 Å². The normalized spacial score (nSPS) is 20.9. The van der Waals surface area contributed by atoms with E-state index < -0.39 is 43.9 Å². The Kier molecular flexibility index (Phi) is 6.09. The summed E-state index contributed by atoms with van der Waals surface area (Å²) in [4.78, 5) is 25.5. The molecule has 0 radical (unpaired) electrons. The molecule has 35 heavy (non-hydrogen) atoms. The molecule has 184 valence electrons. The number of rotatable bonds is 6. The van der Waals surface area contributed by atoms with Gasteiger partial charge in [-0.05, 0) is 68.8 Å². The lowest BCUT2D eigenvalue weighted by atomic mass is 9.88. The van der Waals surface area contributed by atoms with Crippen molar-refractivity contribution in [2.24, 2.45) is 22.0 Å². The van der Waals surface area contributed by atoms with E-state index in [2.05, 4.69) is 10.2 Å². The van der Waals surface area contributed by atoms with Crippen LogP contribution in [-0.2, 0) is 29.8 Å². The quantitative estimate of drug-likeness (QED) is 0.543. The van der Waals surface area contributed by atoms with Crippen molar-refractivity contribution >= 4 is 54.8 Å². The molecule has 0 saturated heterocycles. The molecular formula is C21H20N4O8S2. The van der Waals surface area contributed by atoms with E-state index in [1.165, 1.54) is 24.3 Å². The van der Waals surface area contributed by atoms with E-state index in [1.54, 1.807) is 13.8 Å². The minimum Gasteiger partial charge on any atom is -0.282 e. The summed E-state index contributed by atoms with van der Waals surface area (Å²) in [5, 5.41) is 10.7. The molecule has 0 unspecified atom stereocenters. The van der Waals surface area contributed by atoms with Gasteiger partial charge in [-0.15, -0.1) is 0 Å². The lowest BCUT2D eigenvalue weighted by Gasteiger charge is -2.18. The number of carbonyl (C=O) groups is 2. The van der Waals surface area contributed by atoms with Gasteiger partial charge in [0.1, 0.15) is 0 Å². The highest BCUT2D eigenvalue weighted by Crippen LogP contribution is 2.33. The molecule has 14 heteroatoms. The number of benzene rings is 2. The van der Waals surface area contributed by atoms with E-state index >= 15 is 0 Å². The standard InChI is InChI=1S/C21H20N4O8S2/c1-12-18(20(26)24(22-12)14-3-7-16(8-4-14)34(28,29)30)11-19-13(2)23-25(21(19)27)15-5-9-17(10-6-15)35(31,32)33/h3-10,18-19H,11H2,1-2H3,(H,28,29,30)(H,31,32,33)/t18-,19-/m0/s1. The van der Waals surface area contributed by atoms with Crippen LogP contribution in [0.15, 0.2) is 68.5 Å². The average Bonchev–Trinajstić information content (AvgIpc) is 3.23. The van der Waals surface area contributed by atoms with Gasteiger partial charge in [0.15, 0.2) is 0 Å². The number of hydrazone groups is 2. The number of hydrogen-bond acceptors (Lipinski definition) is 8.